The van der Waals surface area contributed by atoms with Crippen LogP contribution in [0.4, 0.5) is 0 Å². The van der Waals surface area contributed by atoms with Crippen LogP contribution in [0.1, 0.15) is 40.0 Å². The van der Waals surface area contributed by atoms with Gasteiger partial charge >= 0.3 is 0 Å². The first-order valence-electron chi connectivity index (χ1n) is 5.29. The Balaban J connectivity index is 2.73. The quantitative estimate of drug-likeness (QED) is 0.640. The van der Waals surface area contributed by atoms with E-state index >= 15 is 0 Å². The first-order chi connectivity index (χ1) is 6.57. The molecule has 3 atom stereocenters. The average Bonchev–Trinajstić information content (AvgIpc) is 2.16. The number of hydrogen-bond acceptors (Lipinski definition) is 2. The van der Waals surface area contributed by atoms with Gasteiger partial charge in [0.1, 0.15) is 5.92 Å². The molecule has 0 aliphatic carbocycles. The monoisotopic (exact) mass is 194 g/mol. The zero-order chi connectivity index (χ0) is 10.7. The summed E-state index contributed by atoms with van der Waals surface area (Å²) in [7, 11) is 0. The Kier molecular flexibility index (Phi) is 3.51. The summed E-state index contributed by atoms with van der Waals surface area (Å²) in [5, 5.41) is 8.71. The van der Waals surface area contributed by atoms with Crippen molar-refractivity contribution in [1.29, 1.82) is 5.26 Å². The van der Waals surface area contributed by atoms with E-state index in [1.165, 1.54) is 6.42 Å². The second-order valence-corrected chi connectivity index (χ2v) is 4.23. The summed E-state index contributed by atoms with van der Waals surface area (Å²) in [4.78, 5) is 13.7. The summed E-state index contributed by atoms with van der Waals surface area (Å²) >= 11 is 0. The van der Waals surface area contributed by atoms with Crippen LogP contribution in [0.15, 0.2) is 0 Å². The highest BCUT2D eigenvalue weighted by atomic mass is 16.2. The number of carbonyl (C=O) groups excluding carboxylic acids is 1. The number of piperidine rings is 1. The summed E-state index contributed by atoms with van der Waals surface area (Å²) in [6.07, 6.45) is 3.31. The Morgan fingerprint density at radius 1 is 1.43 bits per heavy atom. The van der Waals surface area contributed by atoms with Gasteiger partial charge in [-0.05, 0) is 40.0 Å². The maximum Gasteiger partial charge on any atom is 0.240 e. The molecule has 0 spiro atoms. The van der Waals surface area contributed by atoms with E-state index in [2.05, 4.69) is 13.8 Å². The van der Waals surface area contributed by atoms with Crippen molar-refractivity contribution >= 4 is 5.91 Å². The van der Waals surface area contributed by atoms with Crippen molar-refractivity contribution in [2.75, 3.05) is 0 Å². The van der Waals surface area contributed by atoms with E-state index in [4.69, 9.17) is 5.26 Å². The largest absolute Gasteiger partial charge is 0.336 e. The average molecular weight is 194 g/mol. The minimum Gasteiger partial charge on any atom is -0.336 e. The predicted octanol–water partition coefficient (Wildman–Crippen LogP) is 1.94. The van der Waals surface area contributed by atoms with Gasteiger partial charge in [0.05, 0.1) is 6.07 Å². The minimum absolute atomic E-state index is 0.00722. The lowest BCUT2D eigenvalue weighted by molar-refractivity contribution is -0.139. The molecule has 3 nitrogen and oxygen atoms in total. The van der Waals surface area contributed by atoms with Gasteiger partial charge < -0.3 is 4.90 Å². The van der Waals surface area contributed by atoms with Gasteiger partial charge in [-0.1, -0.05) is 0 Å². The molecule has 0 radical (unpaired) electrons. The smallest absolute Gasteiger partial charge is 0.240 e. The summed E-state index contributed by atoms with van der Waals surface area (Å²) in [6.45, 7) is 5.81. The van der Waals surface area contributed by atoms with Crippen LogP contribution in [-0.4, -0.2) is 22.9 Å². The molecule has 0 aromatic heterocycles. The molecule has 1 amide bonds. The second kappa shape index (κ2) is 4.45. The standard InChI is InChI=1S/C11H18N2O/c1-8(7-12)11(14)13-9(2)5-4-6-10(13)3/h8-10H,4-6H2,1-3H3/t8?,9-,10+. The topological polar surface area (TPSA) is 44.1 Å². The first-order valence-corrected chi connectivity index (χ1v) is 5.29. The fourth-order valence-electron chi connectivity index (χ4n) is 2.13. The summed E-state index contributed by atoms with van der Waals surface area (Å²) in [5.74, 6) is -0.509. The van der Waals surface area contributed by atoms with Crippen LogP contribution < -0.4 is 0 Å². The molecule has 1 saturated heterocycles. The predicted molar refractivity (Wildman–Crippen MR) is 54.4 cm³/mol. The molecular formula is C11H18N2O. The molecule has 0 bridgehead atoms. The van der Waals surface area contributed by atoms with Crippen molar-refractivity contribution in [3.8, 4) is 6.07 Å². The van der Waals surface area contributed by atoms with Crippen molar-refractivity contribution in [3.63, 3.8) is 0 Å². The first kappa shape index (κ1) is 11.0. The van der Waals surface area contributed by atoms with Crippen LogP contribution in [-0.2, 0) is 4.79 Å². The molecule has 1 rings (SSSR count). The van der Waals surface area contributed by atoms with Gasteiger partial charge in [0, 0.05) is 12.1 Å². The Morgan fingerprint density at radius 3 is 2.36 bits per heavy atom. The Labute approximate surface area is 85.7 Å². The number of hydrogen-bond donors (Lipinski definition) is 0. The highest BCUT2D eigenvalue weighted by molar-refractivity contribution is 5.81. The zero-order valence-corrected chi connectivity index (χ0v) is 9.16. The van der Waals surface area contributed by atoms with E-state index in [9.17, 15) is 4.79 Å². The van der Waals surface area contributed by atoms with Crippen molar-refractivity contribution in [2.45, 2.75) is 52.1 Å². The Morgan fingerprint density at radius 2 is 1.93 bits per heavy atom. The Hall–Kier alpha value is -1.04. The fourth-order valence-corrected chi connectivity index (χ4v) is 2.13. The molecule has 78 valence electrons. The van der Waals surface area contributed by atoms with Gasteiger partial charge in [-0.25, -0.2) is 0 Å². The number of carbonyl (C=O) groups is 1. The van der Waals surface area contributed by atoms with Gasteiger partial charge in [0.2, 0.25) is 5.91 Å². The molecule has 3 heteroatoms. The van der Waals surface area contributed by atoms with Gasteiger partial charge in [-0.15, -0.1) is 0 Å². The molecule has 1 unspecified atom stereocenters. The van der Waals surface area contributed by atoms with Crippen LogP contribution in [0.25, 0.3) is 0 Å². The lowest BCUT2D eigenvalue weighted by atomic mass is 9.96. The molecule has 0 N–H and O–H groups in total. The van der Waals surface area contributed by atoms with E-state index in [0.29, 0.717) is 12.1 Å². The van der Waals surface area contributed by atoms with Crippen LogP contribution in [0.2, 0.25) is 0 Å². The maximum atomic E-state index is 11.9. The van der Waals surface area contributed by atoms with Crippen molar-refractivity contribution < 1.29 is 4.79 Å². The van der Waals surface area contributed by atoms with Crippen molar-refractivity contribution in [3.05, 3.63) is 0 Å². The number of rotatable bonds is 1. The van der Waals surface area contributed by atoms with E-state index in [0.717, 1.165) is 12.8 Å². The zero-order valence-electron chi connectivity index (χ0n) is 9.16. The number of nitrogens with zero attached hydrogens (tertiary/aromatic N) is 2. The molecule has 1 heterocycles. The van der Waals surface area contributed by atoms with Crippen LogP contribution in [0.5, 0.6) is 0 Å². The number of likely N-dealkylation sites (tertiary alicyclic amines) is 1. The minimum atomic E-state index is -0.502. The normalized spacial score (nSPS) is 29.4. The van der Waals surface area contributed by atoms with Gasteiger partial charge in [0.25, 0.3) is 0 Å². The molecule has 1 fully saturated rings. The second-order valence-electron chi connectivity index (χ2n) is 4.23. The van der Waals surface area contributed by atoms with Crippen LogP contribution >= 0.6 is 0 Å². The summed E-state index contributed by atoms with van der Waals surface area (Å²) in [6, 6.07) is 2.60. The molecule has 1 aliphatic heterocycles. The lowest BCUT2D eigenvalue weighted by Gasteiger charge is -2.39. The van der Waals surface area contributed by atoms with Gasteiger partial charge in [-0.2, -0.15) is 5.26 Å². The third-order valence-electron chi connectivity index (χ3n) is 3.01. The lowest BCUT2D eigenvalue weighted by Crippen LogP contribution is -2.49. The highest BCUT2D eigenvalue weighted by Gasteiger charge is 2.31. The number of amides is 1. The van der Waals surface area contributed by atoms with Crippen LogP contribution in [0.3, 0.4) is 0 Å². The fraction of sp³-hybridized carbons (Fsp3) is 0.818. The third-order valence-corrected chi connectivity index (χ3v) is 3.01. The molecule has 1 aliphatic rings. The van der Waals surface area contributed by atoms with E-state index in [1.54, 1.807) is 6.92 Å². The van der Waals surface area contributed by atoms with E-state index in [1.807, 2.05) is 11.0 Å². The number of nitriles is 1. The van der Waals surface area contributed by atoms with Gasteiger partial charge in [-0.3, -0.25) is 4.79 Å². The van der Waals surface area contributed by atoms with Gasteiger partial charge in [0.15, 0.2) is 0 Å². The van der Waals surface area contributed by atoms with Crippen molar-refractivity contribution in [1.82, 2.24) is 4.90 Å². The molecular weight excluding hydrogens is 176 g/mol. The summed E-state index contributed by atoms with van der Waals surface area (Å²) in [5.41, 5.74) is 0. The van der Waals surface area contributed by atoms with Crippen LogP contribution in [0, 0.1) is 17.2 Å². The molecule has 0 aromatic rings. The highest BCUT2D eigenvalue weighted by Crippen LogP contribution is 2.24. The van der Waals surface area contributed by atoms with E-state index < -0.39 is 5.92 Å². The Bertz CT molecular complexity index is 247. The van der Waals surface area contributed by atoms with E-state index in [-0.39, 0.29) is 5.91 Å². The molecule has 0 saturated carbocycles. The molecule has 14 heavy (non-hydrogen) atoms. The SMILES string of the molecule is CC(C#N)C(=O)N1[C@H](C)CCC[C@@H]1C. The third kappa shape index (κ3) is 2.06. The maximum absolute atomic E-state index is 11.9. The summed E-state index contributed by atoms with van der Waals surface area (Å²) < 4.78 is 0. The molecule has 0 aromatic carbocycles. The van der Waals surface area contributed by atoms with Crippen molar-refractivity contribution in [2.24, 2.45) is 5.92 Å².